The number of nitrogens with one attached hydrogen (secondary N) is 1. The Morgan fingerprint density at radius 1 is 1.15 bits per heavy atom. The largest absolute Gasteiger partial charge is 0.550 e. The van der Waals surface area contributed by atoms with Gasteiger partial charge >= 0.3 is 0 Å². The second-order valence-corrected chi connectivity index (χ2v) is 6.66. The number of carbonyl (C=O) groups excluding carboxylic acids is 1. The predicted octanol–water partition coefficient (Wildman–Crippen LogP) is 2.64. The normalized spacial score (nSPS) is 10.4. The summed E-state index contributed by atoms with van der Waals surface area (Å²) in [4.78, 5) is 14.8. The molecule has 0 fully saturated rings. The Bertz CT molecular complexity index is 896. The third kappa shape index (κ3) is 5.46. The van der Waals surface area contributed by atoms with E-state index in [4.69, 9.17) is 9.47 Å². The lowest BCUT2D eigenvalue weighted by Crippen LogP contribution is -2.24. The standard InChI is InChI=1S/C20H20N2O4S/c1-25-18-9-15(11-21-20-22-16(13-27-20)10-19(23)24)7-8-17(18)26-12-14-5-3-2-4-6-14/h2-9,13H,10-12H2,1H3,(H,21,22)(H,23,24)/p-1. The van der Waals surface area contributed by atoms with Gasteiger partial charge in [-0.25, -0.2) is 4.98 Å². The lowest BCUT2D eigenvalue weighted by Gasteiger charge is -2.12. The van der Waals surface area contributed by atoms with Crippen LogP contribution in [0.3, 0.4) is 0 Å². The Morgan fingerprint density at radius 3 is 2.70 bits per heavy atom. The monoisotopic (exact) mass is 383 g/mol. The molecule has 6 nitrogen and oxygen atoms in total. The number of anilines is 1. The quantitative estimate of drug-likeness (QED) is 0.612. The Labute approximate surface area is 161 Å². The molecule has 0 aliphatic heterocycles. The molecule has 3 rings (SSSR count). The SMILES string of the molecule is COc1cc(CNc2nc(CC(=O)[O-])cs2)ccc1OCc1ccccc1. The maximum absolute atomic E-state index is 10.6. The molecule has 7 heteroatoms. The van der Waals surface area contributed by atoms with E-state index in [-0.39, 0.29) is 6.42 Å². The maximum atomic E-state index is 10.6. The molecule has 3 aromatic rings. The van der Waals surface area contributed by atoms with Crippen LogP contribution in [0.5, 0.6) is 11.5 Å². The minimum atomic E-state index is -1.14. The van der Waals surface area contributed by atoms with Gasteiger partial charge in [0.15, 0.2) is 16.6 Å². The number of nitrogens with zero attached hydrogens (tertiary/aromatic N) is 1. The van der Waals surface area contributed by atoms with E-state index in [0.29, 0.717) is 35.5 Å². The van der Waals surface area contributed by atoms with Crippen LogP contribution >= 0.6 is 11.3 Å². The van der Waals surface area contributed by atoms with Crippen molar-refractivity contribution < 1.29 is 19.4 Å². The van der Waals surface area contributed by atoms with Gasteiger partial charge < -0.3 is 24.7 Å². The van der Waals surface area contributed by atoms with Crippen LogP contribution in [0.1, 0.15) is 16.8 Å². The summed E-state index contributed by atoms with van der Waals surface area (Å²) in [5.74, 6) is 0.195. The van der Waals surface area contributed by atoms with Crippen LogP contribution in [0, 0.1) is 0 Å². The van der Waals surface area contributed by atoms with Crippen LogP contribution in [0.2, 0.25) is 0 Å². The molecular weight excluding hydrogens is 364 g/mol. The number of rotatable bonds is 9. The van der Waals surface area contributed by atoms with E-state index in [2.05, 4.69) is 10.3 Å². The molecule has 1 aromatic heterocycles. The predicted molar refractivity (Wildman–Crippen MR) is 102 cm³/mol. The molecule has 27 heavy (non-hydrogen) atoms. The van der Waals surface area contributed by atoms with E-state index >= 15 is 0 Å². The van der Waals surface area contributed by atoms with Gasteiger partial charge in [-0.3, -0.25) is 0 Å². The van der Waals surface area contributed by atoms with Crippen LogP contribution in [-0.2, 0) is 24.4 Å². The Kier molecular flexibility index (Phi) is 6.27. The van der Waals surface area contributed by atoms with Gasteiger partial charge in [0, 0.05) is 24.3 Å². The molecule has 0 unspecified atom stereocenters. The maximum Gasteiger partial charge on any atom is 0.183 e. The third-order valence-electron chi connectivity index (χ3n) is 3.79. The van der Waals surface area contributed by atoms with Crippen molar-refractivity contribution in [1.29, 1.82) is 0 Å². The van der Waals surface area contributed by atoms with Gasteiger partial charge in [-0.2, -0.15) is 0 Å². The zero-order valence-corrected chi connectivity index (χ0v) is 15.6. The summed E-state index contributed by atoms with van der Waals surface area (Å²) in [5, 5.41) is 16.2. The molecule has 1 N–H and O–H groups in total. The van der Waals surface area contributed by atoms with E-state index in [9.17, 15) is 9.90 Å². The highest BCUT2D eigenvalue weighted by Crippen LogP contribution is 2.29. The molecule has 0 spiro atoms. The molecular formula is C20H19N2O4S-. The minimum absolute atomic E-state index is 0.181. The van der Waals surface area contributed by atoms with Crippen LogP contribution in [-0.4, -0.2) is 18.1 Å². The van der Waals surface area contributed by atoms with E-state index < -0.39 is 5.97 Å². The first-order valence-electron chi connectivity index (χ1n) is 8.36. The smallest absolute Gasteiger partial charge is 0.183 e. The fourth-order valence-electron chi connectivity index (χ4n) is 2.47. The third-order valence-corrected chi connectivity index (χ3v) is 4.63. The highest BCUT2D eigenvalue weighted by atomic mass is 32.1. The first-order chi connectivity index (χ1) is 13.1. The first kappa shape index (κ1) is 18.7. The molecule has 0 bridgehead atoms. The molecule has 0 amide bonds. The van der Waals surface area contributed by atoms with Crippen molar-refractivity contribution in [3.8, 4) is 11.5 Å². The Morgan fingerprint density at radius 2 is 1.96 bits per heavy atom. The lowest BCUT2D eigenvalue weighted by molar-refractivity contribution is -0.304. The number of aliphatic carboxylic acids is 1. The summed E-state index contributed by atoms with van der Waals surface area (Å²) in [6, 6.07) is 15.7. The average Bonchev–Trinajstić information content (AvgIpc) is 3.12. The lowest BCUT2D eigenvalue weighted by atomic mass is 10.2. The molecule has 2 aromatic carbocycles. The number of ether oxygens (including phenoxy) is 2. The number of benzene rings is 2. The van der Waals surface area contributed by atoms with E-state index in [1.54, 1.807) is 12.5 Å². The number of carboxylic acids is 1. The van der Waals surface area contributed by atoms with Crippen molar-refractivity contribution in [2.75, 3.05) is 12.4 Å². The van der Waals surface area contributed by atoms with Gasteiger partial charge in [0.05, 0.1) is 12.8 Å². The fourth-order valence-corrected chi connectivity index (χ4v) is 3.18. The molecule has 0 saturated carbocycles. The molecule has 0 saturated heterocycles. The number of hydrogen-bond donors (Lipinski definition) is 1. The van der Waals surface area contributed by atoms with Crippen molar-refractivity contribution in [2.45, 2.75) is 19.6 Å². The summed E-state index contributed by atoms with van der Waals surface area (Å²) >= 11 is 1.36. The van der Waals surface area contributed by atoms with Gasteiger partial charge in [0.25, 0.3) is 0 Å². The van der Waals surface area contributed by atoms with Crippen molar-refractivity contribution >= 4 is 22.4 Å². The van der Waals surface area contributed by atoms with Gasteiger partial charge in [-0.05, 0) is 23.3 Å². The highest BCUT2D eigenvalue weighted by molar-refractivity contribution is 7.13. The van der Waals surface area contributed by atoms with Crippen LogP contribution < -0.4 is 19.9 Å². The summed E-state index contributed by atoms with van der Waals surface area (Å²) in [6.07, 6.45) is -0.181. The second kappa shape index (κ2) is 9.05. The van der Waals surface area contributed by atoms with Crippen molar-refractivity contribution in [3.63, 3.8) is 0 Å². The van der Waals surface area contributed by atoms with Crippen molar-refractivity contribution in [3.05, 3.63) is 70.7 Å². The number of hydrogen-bond acceptors (Lipinski definition) is 7. The Balaban J connectivity index is 1.60. The fraction of sp³-hybridized carbons (Fsp3) is 0.200. The van der Waals surface area contributed by atoms with Crippen molar-refractivity contribution in [2.24, 2.45) is 0 Å². The van der Waals surface area contributed by atoms with Gasteiger partial charge in [0.2, 0.25) is 0 Å². The van der Waals surface area contributed by atoms with E-state index in [1.807, 2.05) is 48.5 Å². The van der Waals surface area contributed by atoms with Gasteiger partial charge in [0.1, 0.15) is 6.61 Å². The number of carboxylic acid groups (broad SMARTS) is 1. The summed E-state index contributed by atoms with van der Waals surface area (Å²) in [5.41, 5.74) is 2.57. The first-order valence-corrected chi connectivity index (χ1v) is 9.24. The van der Waals surface area contributed by atoms with Crippen molar-refractivity contribution in [1.82, 2.24) is 4.98 Å². The van der Waals surface area contributed by atoms with Crippen LogP contribution in [0.15, 0.2) is 53.9 Å². The molecule has 1 heterocycles. The highest BCUT2D eigenvalue weighted by Gasteiger charge is 2.08. The zero-order valence-electron chi connectivity index (χ0n) is 14.8. The molecule has 140 valence electrons. The zero-order chi connectivity index (χ0) is 19.1. The molecule has 0 radical (unpaired) electrons. The summed E-state index contributed by atoms with van der Waals surface area (Å²) in [6.45, 7) is 1.00. The number of methoxy groups -OCH3 is 1. The second-order valence-electron chi connectivity index (χ2n) is 5.81. The van der Waals surface area contributed by atoms with E-state index in [1.165, 1.54) is 11.3 Å². The van der Waals surface area contributed by atoms with Crippen LogP contribution in [0.4, 0.5) is 5.13 Å². The Hall–Kier alpha value is -3.06. The number of aromatic nitrogens is 1. The van der Waals surface area contributed by atoms with E-state index in [0.717, 1.165) is 11.1 Å². The van der Waals surface area contributed by atoms with Crippen LogP contribution in [0.25, 0.3) is 0 Å². The topological polar surface area (TPSA) is 83.5 Å². The minimum Gasteiger partial charge on any atom is -0.550 e. The summed E-state index contributed by atoms with van der Waals surface area (Å²) in [7, 11) is 1.61. The number of carbonyl (C=O) groups is 1. The number of thiazole rings is 1. The summed E-state index contributed by atoms with van der Waals surface area (Å²) < 4.78 is 11.3. The average molecular weight is 383 g/mol. The van der Waals surface area contributed by atoms with Gasteiger partial charge in [-0.1, -0.05) is 36.4 Å². The molecule has 0 aliphatic rings. The van der Waals surface area contributed by atoms with Gasteiger partial charge in [-0.15, -0.1) is 11.3 Å². The molecule has 0 aliphatic carbocycles. The molecule has 0 atom stereocenters.